The first-order chi connectivity index (χ1) is 16.2. The number of carbonyl (C=O) groups excluding carboxylic acids is 1. The number of benzene rings is 1. The summed E-state index contributed by atoms with van der Waals surface area (Å²) in [7, 11) is 0. The van der Waals surface area contributed by atoms with Crippen LogP contribution in [0.15, 0.2) is 41.3 Å². The normalized spacial score (nSPS) is 14.7. The molecule has 0 radical (unpaired) electrons. The van der Waals surface area contributed by atoms with Gasteiger partial charge in [0.1, 0.15) is 5.82 Å². The molecule has 1 aromatic carbocycles. The van der Waals surface area contributed by atoms with E-state index < -0.39 is 11.7 Å². The lowest BCUT2D eigenvalue weighted by molar-refractivity contribution is -0.137. The van der Waals surface area contributed by atoms with Crippen molar-refractivity contribution < 1.29 is 18.0 Å². The first-order valence-corrected chi connectivity index (χ1v) is 11.5. The molecule has 0 atom stereocenters. The number of hydrogen-bond acceptors (Lipinski definition) is 4. The van der Waals surface area contributed by atoms with Crippen LogP contribution in [0.4, 0.5) is 19.0 Å². The third kappa shape index (κ3) is 4.77. The van der Waals surface area contributed by atoms with Crippen molar-refractivity contribution >= 4 is 34.4 Å². The molecule has 34 heavy (non-hydrogen) atoms. The fourth-order valence-corrected chi connectivity index (χ4v) is 4.57. The number of imidazole rings is 1. The van der Waals surface area contributed by atoms with Gasteiger partial charge in [-0.1, -0.05) is 30.7 Å². The summed E-state index contributed by atoms with van der Waals surface area (Å²) in [5.41, 5.74) is 0.646. The van der Waals surface area contributed by atoms with E-state index in [0.717, 1.165) is 29.7 Å². The van der Waals surface area contributed by atoms with Crippen LogP contribution in [0.5, 0.6) is 0 Å². The number of para-hydroxylation sites is 2. The fourth-order valence-electron chi connectivity index (χ4n) is 4.28. The number of carbonyl (C=O) groups is 1. The van der Waals surface area contributed by atoms with Crippen LogP contribution in [0.25, 0.3) is 11.0 Å². The number of amides is 1. The zero-order valence-electron chi connectivity index (χ0n) is 18.7. The van der Waals surface area contributed by atoms with Gasteiger partial charge in [0.2, 0.25) is 5.91 Å². The number of anilines is 1. The van der Waals surface area contributed by atoms with Gasteiger partial charge in [-0.05, 0) is 24.6 Å². The lowest BCUT2D eigenvalue weighted by Crippen LogP contribution is -2.49. The minimum Gasteiger partial charge on any atom is -0.352 e. The van der Waals surface area contributed by atoms with Crippen molar-refractivity contribution in [3.63, 3.8) is 0 Å². The number of piperazine rings is 1. The number of rotatable bonds is 6. The van der Waals surface area contributed by atoms with Gasteiger partial charge >= 0.3 is 11.9 Å². The van der Waals surface area contributed by atoms with E-state index >= 15 is 0 Å². The second kappa shape index (κ2) is 9.69. The number of aromatic nitrogens is 3. The SMILES string of the molecule is CCCn1c(=O)n(CCC(=O)N2CCN(c3ncc(C(F)(F)F)cc3Cl)CC2)c2ccccc21. The second-order valence-electron chi connectivity index (χ2n) is 8.22. The van der Waals surface area contributed by atoms with Crippen LogP contribution < -0.4 is 10.6 Å². The smallest absolute Gasteiger partial charge is 0.352 e. The summed E-state index contributed by atoms with van der Waals surface area (Å²) in [5.74, 6) is 0.197. The first-order valence-electron chi connectivity index (χ1n) is 11.1. The number of fused-ring (bicyclic) bond motifs is 1. The van der Waals surface area contributed by atoms with Gasteiger partial charge in [-0.2, -0.15) is 13.2 Å². The summed E-state index contributed by atoms with van der Waals surface area (Å²) in [6, 6.07) is 8.42. The van der Waals surface area contributed by atoms with Crippen molar-refractivity contribution in [2.24, 2.45) is 0 Å². The van der Waals surface area contributed by atoms with E-state index in [1.54, 1.807) is 18.9 Å². The maximum Gasteiger partial charge on any atom is 0.417 e. The van der Waals surface area contributed by atoms with Crippen LogP contribution in [-0.2, 0) is 24.1 Å². The van der Waals surface area contributed by atoms with Gasteiger partial charge in [0.15, 0.2) is 0 Å². The van der Waals surface area contributed by atoms with E-state index in [-0.39, 0.29) is 35.4 Å². The van der Waals surface area contributed by atoms with Crippen molar-refractivity contribution in [3.05, 3.63) is 57.6 Å². The van der Waals surface area contributed by atoms with Crippen molar-refractivity contribution in [1.29, 1.82) is 0 Å². The average molecular weight is 496 g/mol. The Morgan fingerprint density at radius 2 is 1.68 bits per heavy atom. The molecule has 3 heterocycles. The topological polar surface area (TPSA) is 63.4 Å². The maximum atomic E-state index is 12.9. The molecule has 0 N–H and O–H groups in total. The van der Waals surface area contributed by atoms with Crippen molar-refractivity contribution in [2.75, 3.05) is 31.1 Å². The number of alkyl halides is 3. The van der Waals surface area contributed by atoms with E-state index in [1.165, 1.54) is 0 Å². The van der Waals surface area contributed by atoms with Gasteiger partial charge in [-0.25, -0.2) is 9.78 Å². The van der Waals surface area contributed by atoms with E-state index in [1.807, 2.05) is 31.2 Å². The number of hydrogen-bond donors (Lipinski definition) is 0. The standard InChI is InChI=1S/C23H25ClF3N5O2/c1-2-8-31-18-5-3-4-6-19(18)32(22(31)34)9-7-20(33)29-10-12-30(13-11-29)21-17(24)14-16(15-28-21)23(25,26)27/h3-6,14-15H,2,7-13H2,1H3. The van der Waals surface area contributed by atoms with Crippen molar-refractivity contribution in [3.8, 4) is 0 Å². The molecule has 4 rings (SSSR count). The van der Waals surface area contributed by atoms with Crippen LogP contribution in [0.2, 0.25) is 5.02 Å². The van der Waals surface area contributed by atoms with Gasteiger partial charge in [0.25, 0.3) is 0 Å². The molecule has 1 saturated heterocycles. The summed E-state index contributed by atoms with van der Waals surface area (Å²) in [4.78, 5) is 33.1. The molecule has 182 valence electrons. The quantitative estimate of drug-likeness (QED) is 0.518. The average Bonchev–Trinajstić information content (AvgIpc) is 3.08. The molecule has 11 heteroatoms. The zero-order valence-corrected chi connectivity index (χ0v) is 19.4. The lowest BCUT2D eigenvalue weighted by Gasteiger charge is -2.36. The molecule has 7 nitrogen and oxygen atoms in total. The van der Waals surface area contributed by atoms with E-state index in [0.29, 0.717) is 32.7 Å². The summed E-state index contributed by atoms with van der Waals surface area (Å²) in [6.07, 6.45) is -2.73. The highest BCUT2D eigenvalue weighted by molar-refractivity contribution is 6.33. The Balaban J connectivity index is 1.39. The molecule has 1 aliphatic rings. The molecule has 1 aliphatic heterocycles. The maximum absolute atomic E-state index is 12.9. The zero-order chi connectivity index (χ0) is 24.5. The second-order valence-corrected chi connectivity index (χ2v) is 8.63. The largest absolute Gasteiger partial charge is 0.417 e. The molecule has 0 aliphatic carbocycles. The van der Waals surface area contributed by atoms with E-state index in [2.05, 4.69) is 4.98 Å². The molecule has 1 fully saturated rings. The van der Waals surface area contributed by atoms with Crippen molar-refractivity contribution in [2.45, 2.75) is 39.0 Å². The Morgan fingerprint density at radius 3 is 2.24 bits per heavy atom. The Kier molecular flexibility index (Phi) is 6.88. The Labute approximate surface area is 199 Å². The van der Waals surface area contributed by atoms with Crippen molar-refractivity contribution in [1.82, 2.24) is 19.0 Å². The number of aryl methyl sites for hydroxylation is 2. The van der Waals surface area contributed by atoms with E-state index in [9.17, 15) is 22.8 Å². The minimum absolute atomic E-state index is 0.0718. The molecule has 1 amide bonds. The third-order valence-electron chi connectivity index (χ3n) is 6.00. The van der Waals surface area contributed by atoms with Gasteiger partial charge in [-0.15, -0.1) is 0 Å². The monoisotopic (exact) mass is 495 g/mol. The summed E-state index contributed by atoms with van der Waals surface area (Å²) in [5, 5.41) is -0.0718. The molecule has 0 bridgehead atoms. The Bertz CT molecular complexity index is 1250. The number of pyridine rings is 1. The van der Waals surface area contributed by atoms with E-state index in [4.69, 9.17) is 11.6 Å². The molecule has 3 aromatic rings. The van der Waals surface area contributed by atoms with Gasteiger partial charge < -0.3 is 9.80 Å². The molecule has 0 saturated carbocycles. The van der Waals surface area contributed by atoms with Gasteiger partial charge in [-0.3, -0.25) is 13.9 Å². The highest BCUT2D eigenvalue weighted by atomic mass is 35.5. The molecular formula is C23H25ClF3N5O2. The molecular weight excluding hydrogens is 471 g/mol. The van der Waals surface area contributed by atoms with Gasteiger partial charge in [0, 0.05) is 51.9 Å². The van der Waals surface area contributed by atoms with Crippen LogP contribution in [0, 0.1) is 0 Å². The number of nitrogens with zero attached hydrogens (tertiary/aromatic N) is 5. The summed E-state index contributed by atoms with van der Waals surface area (Å²) in [6.45, 7) is 4.49. The van der Waals surface area contributed by atoms with Crippen LogP contribution in [-0.4, -0.2) is 51.1 Å². The van der Waals surface area contributed by atoms with Crippen LogP contribution in [0.3, 0.4) is 0 Å². The summed E-state index contributed by atoms with van der Waals surface area (Å²) < 4.78 is 41.9. The minimum atomic E-state index is -4.51. The first kappa shape index (κ1) is 24.1. The Morgan fingerprint density at radius 1 is 1.06 bits per heavy atom. The molecule has 2 aromatic heterocycles. The molecule has 0 spiro atoms. The fraction of sp³-hybridized carbons (Fsp3) is 0.435. The highest BCUT2D eigenvalue weighted by Crippen LogP contribution is 2.33. The predicted octanol–water partition coefficient (Wildman–Crippen LogP) is 4.02. The third-order valence-corrected chi connectivity index (χ3v) is 6.28. The van der Waals surface area contributed by atoms with Crippen LogP contribution in [0.1, 0.15) is 25.3 Å². The lowest BCUT2D eigenvalue weighted by atomic mass is 10.2. The van der Waals surface area contributed by atoms with Crippen LogP contribution >= 0.6 is 11.6 Å². The predicted molar refractivity (Wildman–Crippen MR) is 124 cm³/mol. The molecule has 0 unspecified atom stereocenters. The highest BCUT2D eigenvalue weighted by Gasteiger charge is 2.32. The number of halogens is 4. The summed E-state index contributed by atoms with van der Waals surface area (Å²) >= 11 is 6.05. The van der Waals surface area contributed by atoms with Gasteiger partial charge in [0.05, 0.1) is 21.6 Å². The Hall–Kier alpha value is -3.01.